The average Bonchev–Trinajstić information content (AvgIpc) is 2.61. The van der Waals surface area contributed by atoms with E-state index < -0.39 is 11.9 Å². The highest BCUT2D eigenvalue weighted by Crippen LogP contribution is 2.31. The number of rotatable bonds is 5. The minimum Gasteiger partial charge on any atom is -0.490 e. The van der Waals surface area contributed by atoms with Crippen molar-refractivity contribution >= 4 is 23.1 Å². The largest absolute Gasteiger partial charge is 0.490 e. The number of carbonyl (C=O) groups excluding carboxylic acids is 1. The zero-order valence-electron chi connectivity index (χ0n) is 13.9. The number of nitrogens with two attached hydrogens (primary N) is 1. The fraction of sp³-hybridized carbons (Fsp3) is 0.316. The molecule has 0 bridgehead atoms. The van der Waals surface area contributed by atoms with Crippen LogP contribution in [-0.4, -0.2) is 18.9 Å². The van der Waals surface area contributed by atoms with Gasteiger partial charge in [0, 0.05) is 24.6 Å². The summed E-state index contributed by atoms with van der Waals surface area (Å²) in [7, 11) is 0. The molecule has 132 valence electrons. The minimum absolute atomic E-state index is 0.0398. The van der Waals surface area contributed by atoms with E-state index in [0.717, 1.165) is 17.8 Å². The monoisotopic (exact) mass is 362 g/mol. The normalized spacial score (nSPS) is 14.2. The van der Waals surface area contributed by atoms with Gasteiger partial charge in [0.2, 0.25) is 0 Å². The molecule has 6 heteroatoms. The smallest absolute Gasteiger partial charge is 0.171 e. The van der Waals surface area contributed by atoms with Crippen molar-refractivity contribution < 1.29 is 13.9 Å². The van der Waals surface area contributed by atoms with Gasteiger partial charge in [-0.3, -0.25) is 4.79 Å². The highest BCUT2D eigenvalue weighted by molar-refractivity contribution is 6.34. The molecule has 3 N–H and O–H groups in total. The highest BCUT2D eigenvalue weighted by atomic mass is 35.5. The molecule has 25 heavy (non-hydrogen) atoms. The van der Waals surface area contributed by atoms with Gasteiger partial charge in [-0.05, 0) is 30.2 Å². The van der Waals surface area contributed by atoms with Gasteiger partial charge in [0.25, 0.3) is 0 Å². The molecule has 1 unspecified atom stereocenters. The summed E-state index contributed by atoms with van der Waals surface area (Å²) in [6.45, 7) is 3.18. The Morgan fingerprint density at radius 3 is 2.96 bits per heavy atom. The minimum atomic E-state index is -0.622. The van der Waals surface area contributed by atoms with E-state index in [2.05, 4.69) is 5.32 Å². The lowest BCUT2D eigenvalue weighted by Crippen LogP contribution is -2.18. The summed E-state index contributed by atoms with van der Waals surface area (Å²) in [5.74, 6) is -0.302. The van der Waals surface area contributed by atoms with Gasteiger partial charge in [0.1, 0.15) is 18.2 Å². The quantitative estimate of drug-likeness (QED) is 0.785. The van der Waals surface area contributed by atoms with E-state index >= 15 is 0 Å². The number of Topliss-reactive ketones (excluding diaryl/α,β-unsaturated/α-hetero) is 1. The number of halogens is 2. The molecule has 2 aromatic carbocycles. The molecule has 1 aliphatic heterocycles. The third-order valence-corrected chi connectivity index (χ3v) is 4.64. The Hall–Kier alpha value is -2.11. The van der Waals surface area contributed by atoms with E-state index in [4.69, 9.17) is 22.1 Å². The summed E-state index contributed by atoms with van der Waals surface area (Å²) < 4.78 is 20.4. The number of anilines is 1. The maximum atomic E-state index is 14.8. The number of carbonyl (C=O) groups is 1. The lowest BCUT2D eigenvalue weighted by Gasteiger charge is -2.19. The topological polar surface area (TPSA) is 64.4 Å². The van der Waals surface area contributed by atoms with Gasteiger partial charge in [0.05, 0.1) is 16.3 Å². The molecule has 4 nitrogen and oxygen atoms in total. The summed E-state index contributed by atoms with van der Waals surface area (Å²) in [6, 6.07) is 8.09. The molecule has 0 aromatic heterocycles. The fourth-order valence-electron chi connectivity index (χ4n) is 2.89. The molecule has 3 rings (SSSR count). The first kappa shape index (κ1) is 17.7. The van der Waals surface area contributed by atoms with Crippen molar-refractivity contribution in [3.63, 3.8) is 0 Å². The second-order valence-electron chi connectivity index (χ2n) is 6.05. The van der Waals surface area contributed by atoms with Crippen molar-refractivity contribution in [2.24, 2.45) is 5.73 Å². The summed E-state index contributed by atoms with van der Waals surface area (Å²) in [6.07, 6.45) is 0.611. The third-order valence-electron chi connectivity index (χ3n) is 4.32. The molecule has 1 aliphatic rings. The number of ketones is 1. The maximum absolute atomic E-state index is 14.8. The van der Waals surface area contributed by atoms with E-state index in [1.54, 1.807) is 12.1 Å². The number of benzene rings is 2. The van der Waals surface area contributed by atoms with Crippen LogP contribution in [0.3, 0.4) is 0 Å². The van der Waals surface area contributed by atoms with Gasteiger partial charge in [-0.15, -0.1) is 0 Å². The van der Waals surface area contributed by atoms with Crippen molar-refractivity contribution in [3.8, 4) is 5.75 Å². The summed E-state index contributed by atoms with van der Waals surface area (Å²) in [5, 5.41) is 3.32. The Labute approximate surface area is 151 Å². The fourth-order valence-corrected chi connectivity index (χ4v) is 3.14. The summed E-state index contributed by atoms with van der Waals surface area (Å²) >= 11 is 6.09. The first-order valence-electron chi connectivity index (χ1n) is 8.27. The van der Waals surface area contributed by atoms with Crippen LogP contribution >= 0.6 is 11.6 Å². The van der Waals surface area contributed by atoms with Crippen molar-refractivity contribution in [2.45, 2.75) is 25.8 Å². The molecule has 0 radical (unpaired) electrons. The lowest BCUT2D eigenvalue weighted by atomic mass is 9.96. The second kappa shape index (κ2) is 7.42. The van der Waals surface area contributed by atoms with Crippen LogP contribution in [0, 0.1) is 5.82 Å². The average molecular weight is 363 g/mol. The van der Waals surface area contributed by atoms with Crippen LogP contribution in [0.2, 0.25) is 5.02 Å². The lowest BCUT2D eigenvalue weighted by molar-refractivity contribution is 0.0989. The van der Waals surface area contributed by atoms with Crippen LogP contribution in [0.5, 0.6) is 5.75 Å². The Kier molecular flexibility index (Phi) is 5.25. The van der Waals surface area contributed by atoms with Crippen LogP contribution < -0.4 is 15.8 Å². The van der Waals surface area contributed by atoms with Crippen molar-refractivity contribution in [3.05, 3.63) is 57.9 Å². The molecule has 0 amide bonds. The standard InChI is InChI=1S/C19H20ClFN2O2/c1-2-14(22)12-4-5-13(20)18(19(12)21)16(24)9-11-3-6-15-17(10-11)25-8-7-23-15/h3-6,10,14,23H,2,7-9,22H2,1H3. The van der Waals surface area contributed by atoms with E-state index in [-0.39, 0.29) is 22.8 Å². The van der Waals surface area contributed by atoms with E-state index in [1.165, 1.54) is 6.07 Å². The number of nitrogens with one attached hydrogen (secondary N) is 1. The molecular weight excluding hydrogens is 343 g/mol. The molecule has 0 fully saturated rings. The molecule has 2 aromatic rings. The molecule has 0 saturated carbocycles. The van der Waals surface area contributed by atoms with Crippen molar-refractivity contribution in [2.75, 3.05) is 18.5 Å². The summed E-state index contributed by atoms with van der Waals surface area (Å²) in [4.78, 5) is 12.7. The van der Waals surface area contributed by atoms with Crippen LogP contribution in [-0.2, 0) is 6.42 Å². The Morgan fingerprint density at radius 2 is 2.20 bits per heavy atom. The maximum Gasteiger partial charge on any atom is 0.171 e. The molecule has 0 saturated heterocycles. The third kappa shape index (κ3) is 3.62. The Bertz CT molecular complexity index is 810. The molecule has 1 heterocycles. The van der Waals surface area contributed by atoms with Crippen LogP contribution in [0.25, 0.3) is 0 Å². The van der Waals surface area contributed by atoms with Gasteiger partial charge in [0.15, 0.2) is 5.78 Å². The molecule has 1 atom stereocenters. The summed E-state index contributed by atoms with van der Waals surface area (Å²) in [5.41, 5.74) is 7.78. The van der Waals surface area contributed by atoms with Crippen LogP contribution in [0.4, 0.5) is 10.1 Å². The molecular formula is C19H20ClFN2O2. The van der Waals surface area contributed by atoms with Gasteiger partial charge >= 0.3 is 0 Å². The Morgan fingerprint density at radius 1 is 1.40 bits per heavy atom. The SMILES string of the molecule is CCC(N)c1ccc(Cl)c(C(=O)Cc2ccc3c(c2)OCCN3)c1F. The predicted molar refractivity (Wildman–Crippen MR) is 97.1 cm³/mol. The van der Waals surface area contributed by atoms with Gasteiger partial charge in [-0.1, -0.05) is 30.7 Å². The molecule has 0 aliphatic carbocycles. The first-order chi connectivity index (χ1) is 12.0. The Balaban J connectivity index is 1.88. The number of fused-ring (bicyclic) bond motifs is 1. The van der Waals surface area contributed by atoms with Crippen LogP contribution in [0.15, 0.2) is 30.3 Å². The molecule has 0 spiro atoms. The van der Waals surface area contributed by atoms with E-state index in [0.29, 0.717) is 24.3 Å². The number of hydrogen-bond donors (Lipinski definition) is 2. The van der Waals surface area contributed by atoms with E-state index in [9.17, 15) is 9.18 Å². The van der Waals surface area contributed by atoms with E-state index in [1.807, 2.05) is 19.1 Å². The predicted octanol–water partition coefficient (Wildman–Crippen LogP) is 4.12. The van der Waals surface area contributed by atoms with Gasteiger partial charge in [-0.25, -0.2) is 4.39 Å². The highest BCUT2D eigenvalue weighted by Gasteiger charge is 2.22. The van der Waals surface area contributed by atoms with Gasteiger partial charge < -0.3 is 15.8 Å². The zero-order chi connectivity index (χ0) is 18.0. The van der Waals surface area contributed by atoms with Crippen molar-refractivity contribution in [1.29, 1.82) is 0 Å². The first-order valence-corrected chi connectivity index (χ1v) is 8.65. The second-order valence-corrected chi connectivity index (χ2v) is 6.45. The number of ether oxygens (including phenoxy) is 1. The van der Waals surface area contributed by atoms with Crippen molar-refractivity contribution in [1.82, 2.24) is 0 Å². The number of hydrogen-bond acceptors (Lipinski definition) is 4. The zero-order valence-corrected chi connectivity index (χ0v) is 14.7. The van der Waals surface area contributed by atoms with Gasteiger partial charge in [-0.2, -0.15) is 0 Å². The van der Waals surface area contributed by atoms with Crippen LogP contribution in [0.1, 0.15) is 40.9 Å².